The smallest absolute Gasteiger partial charge is 0.278 e. The van der Waals surface area contributed by atoms with E-state index in [0.717, 1.165) is 55.1 Å². The fourth-order valence-corrected chi connectivity index (χ4v) is 4.61. The quantitative estimate of drug-likeness (QED) is 0.625. The minimum absolute atomic E-state index is 0.195. The lowest BCUT2D eigenvalue weighted by Gasteiger charge is -2.35. The van der Waals surface area contributed by atoms with Gasteiger partial charge in [-0.2, -0.15) is 0 Å². The summed E-state index contributed by atoms with van der Waals surface area (Å²) >= 11 is 0. The standard InChI is InChI=1S/C28H36N4O2/c1-6-30-13-15-31(16-14-30)24-11-9-23(10-12-24)29-26-25(22-8-7-20(4)21(5)17-22)27(33)32(28(26)34)18-19(2)3/h7-12,17,19,29H,6,13-16,18H2,1-5H3. The highest BCUT2D eigenvalue weighted by atomic mass is 16.2. The molecule has 2 aliphatic heterocycles. The van der Waals surface area contributed by atoms with Crippen molar-refractivity contribution in [3.05, 3.63) is 64.9 Å². The van der Waals surface area contributed by atoms with Gasteiger partial charge in [0.05, 0.1) is 5.57 Å². The minimum atomic E-state index is -0.258. The van der Waals surface area contributed by atoms with E-state index >= 15 is 0 Å². The van der Waals surface area contributed by atoms with Gasteiger partial charge in [0.25, 0.3) is 11.8 Å². The van der Waals surface area contributed by atoms with E-state index in [0.29, 0.717) is 17.8 Å². The maximum Gasteiger partial charge on any atom is 0.278 e. The molecule has 0 unspecified atom stereocenters. The Morgan fingerprint density at radius 1 is 0.882 bits per heavy atom. The number of carbonyl (C=O) groups is 2. The highest BCUT2D eigenvalue weighted by Crippen LogP contribution is 2.32. The van der Waals surface area contributed by atoms with E-state index in [9.17, 15) is 9.59 Å². The van der Waals surface area contributed by atoms with Crippen LogP contribution < -0.4 is 10.2 Å². The average Bonchev–Trinajstić information content (AvgIpc) is 3.05. The summed E-state index contributed by atoms with van der Waals surface area (Å²) in [5.74, 6) is -0.290. The number of amides is 2. The van der Waals surface area contributed by atoms with E-state index in [1.807, 2.05) is 58.0 Å². The molecule has 0 radical (unpaired) electrons. The summed E-state index contributed by atoms with van der Waals surface area (Å²) in [6, 6.07) is 14.1. The SMILES string of the molecule is CCN1CCN(c2ccc(NC3=C(c4ccc(C)c(C)c4)C(=O)N(CC(C)C)C3=O)cc2)CC1. The molecular weight excluding hydrogens is 424 g/mol. The zero-order valence-electron chi connectivity index (χ0n) is 21.0. The molecule has 0 atom stereocenters. The second-order valence-corrected chi connectivity index (χ2v) is 9.76. The number of nitrogens with one attached hydrogen (secondary N) is 1. The first-order chi connectivity index (χ1) is 16.3. The van der Waals surface area contributed by atoms with Gasteiger partial charge in [0.2, 0.25) is 0 Å². The lowest BCUT2D eigenvalue weighted by Crippen LogP contribution is -2.46. The molecule has 0 spiro atoms. The third-order valence-electron chi connectivity index (χ3n) is 6.83. The summed E-state index contributed by atoms with van der Waals surface area (Å²) in [4.78, 5) is 32.9. The average molecular weight is 461 g/mol. The molecule has 180 valence electrons. The van der Waals surface area contributed by atoms with E-state index in [4.69, 9.17) is 0 Å². The second kappa shape index (κ2) is 10.0. The Hall–Kier alpha value is -3.12. The highest BCUT2D eigenvalue weighted by molar-refractivity contribution is 6.36. The normalized spacial score (nSPS) is 17.4. The van der Waals surface area contributed by atoms with Gasteiger partial charge in [0, 0.05) is 44.1 Å². The van der Waals surface area contributed by atoms with E-state index in [1.165, 1.54) is 10.6 Å². The van der Waals surface area contributed by atoms with Crippen LogP contribution in [0.15, 0.2) is 48.2 Å². The van der Waals surface area contributed by atoms with Crippen LogP contribution in [0, 0.1) is 19.8 Å². The predicted molar refractivity (Wildman–Crippen MR) is 139 cm³/mol. The Labute approximate surface area is 203 Å². The number of aryl methyl sites for hydroxylation is 2. The van der Waals surface area contributed by atoms with Gasteiger partial charge in [0.15, 0.2) is 0 Å². The van der Waals surface area contributed by atoms with Crippen LogP contribution in [-0.2, 0) is 9.59 Å². The van der Waals surface area contributed by atoms with E-state index in [1.54, 1.807) is 0 Å². The molecule has 0 aliphatic carbocycles. The van der Waals surface area contributed by atoms with Gasteiger partial charge in [-0.25, -0.2) is 0 Å². The number of imide groups is 1. The van der Waals surface area contributed by atoms with Crippen molar-refractivity contribution in [2.75, 3.05) is 49.5 Å². The molecule has 2 amide bonds. The lowest BCUT2D eigenvalue weighted by atomic mass is 9.99. The molecule has 6 heteroatoms. The van der Waals surface area contributed by atoms with Crippen LogP contribution in [0.5, 0.6) is 0 Å². The van der Waals surface area contributed by atoms with Crippen LogP contribution in [0.25, 0.3) is 5.57 Å². The fourth-order valence-electron chi connectivity index (χ4n) is 4.61. The minimum Gasteiger partial charge on any atom is -0.369 e. The second-order valence-electron chi connectivity index (χ2n) is 9.76. The largest absolute Gasteiger partial charge is 0.369 e. The molecule has 0 saturated carbocycles. The lowest BCUT2D eigenvalue weighted by molar-refractivity contribution is -0.137. The first-order valence-electron chi connectivity index (χ1n) is 12.3. The van der Waals surface area contributed by atoms with Gasteiger partial charge in [-0.05, 0) is 67.3 Å². The van der Waals surface area contributed by atoms with Crippen molar-refractivity contribution < 1.29 is 9.59 Å². The topological polar surface area (TPSA) is 55.9 Å². The molecule has 2 aromatic carbocycles. The predicted octanol–water partition coefficient (Wildman–Crippen LogP) is 4.29. The molecule has 2 aromatic rings. The Morgan fingerprint density at radius 3 is 2.15 bits per heavy atom. The number of hydrogen-bond acceptors (Lipinski definition) is 5. The van der Waals surface area contributed by atoms with Crippen molar-refractivity contribution in [2.45, 2.75) is 34.6 Å². The molecule has 1 N–H and O–H groups in total. The maximum atomic E-state index is 13.4. The van der Waals surface area contributed by atoms with Gasteiger partial charge >= 0.3 is 0 Å². The maximum absolute atomic E-state index is 13.4. The summed E-state index contributed by atoms with van der Waals surface area (Å²) < 4.78 is 0. The summed E-state index contributed by atoms with van der Waals surface area (Å²) in [6.45, 7) is 16.0. The molecule has 2 heterocycles. The molecular formula is C28H36N4O2. The van der Waals surface area contributed by atoms with E-state index in [2.05, 4.69) is 34.2 Å². The number of hydrogen-bond donors (Lipinski definition) is 1. The Kier molecular flexibility index (Phi) is 7.08. The molecule has 1 saturated heterocycles. The van der Waals surface area contributed by atoms with Crippen molar-refractivity contribution in [3.8, 4) is 0 Å². The summed E-state index contributed by atoms with van der Waals surface area (Å²) in [5.41, 5.74) is 5.83. The molecule has 4 rings (SSSR count). The van der Waals surface area contributed by atoms with Crippen molar-refractivity contribution in [1.29, 1.82) is 0 Å². The fraction of sp³-hybridized carbons (Fsp3) is 0.429. The number of rotatable bonds is 7. The van der Waals surface area contributed by atoms with Gasteiger partial charge < -0.3 is 15.1 Å². The first kappa shape index (κ1) is 24.0. The molecule has 1 fully saturated rings. The van der Waals surface area contributed by atoms with Crippen molar-refractivity contribution in [3.63, 3.8) is 0 Å². The monoisotopic (exact) mass is 460 g/mol. The molecule has 0 bridgehead atoms. The number of carbonyl (C=O) groups excluding carboxylic acids is 2. The van der Waals surface area contributed by atoms with Crippen molar-refractivity contribution >= 4 is 28.8 Å². The Bertz CT molecular complexity index is 1100. The number of likely N-dealkylation sites (N-methyl/N-ethyl adjacent to an activating group) is 1. The molecule has 0 aromatic heterocycles. The Morgan fingerprint density at radius 2 is 1.56 bits per heavy atom. The van der Waals surface area contributed by atoms with Crippen molar-refractivity contribution in [2.24, 2.45) is 5.92 Å². The van der Waals surface area contributed by atoms with E-state index < -0.39 is 0 Å². The number of piperazine rings is 1. The van der Waals surface area contributed by atoms with Crippen LogP contribution in [0.4, 0.5) is 11.4 Å². The van der Waals surface area contributed by atoms with Gasteiger partial charge in [-0.3, -0.25) is 14.5 Å². The third-order valence-corrected chi connectivity index (χ3v) is 6.83. The molecule has 34 heavy (non-hydrogen) atoms. The number of benzene rings is 2. The molecule has 2 aliphatic rings. The summed E-state index contributed by atoms with van der Waals surface area (Å²) in [5, 5.41) is 3.29. The van der Waals surface area contributed by atoms with Crippen LogP contribution in [0.2, 0.25) is 0 Å². The van der Waals surface area contributed by atoms with Crippen LogP contribution in [0.1, 0.15) is 37.5 Å². The van der Waals surface area contributed by atoms with Crippen LogP contribution >= 0.6 is 0 Å². The summed E-state index contributed by atoms with van der Waals surface area (Å²) in [7, 11) is 0. The zero-order valence-corrected chi connectivity index (χ0v) is 21.0. The Balaban J connectivity index is 1.61. The van der Waals surface area contributed by atoms with Crippen LogP contribution in [-0.4, -0.2) is 60.9 Å². The number of nitrogens with zero attached hydrogens (tertiary/aromatic N) is 3. The zero-order chi connectivity index (χ0) is 24.4. The highest BCUT2D eigenvalue weighted by Gasteiger charge is 2.39. The van der Waals surface area contributed by atoms with E-state index in [-0.39, 0.29) is 17.7 Å². The van der Waals surface area contributed by atoms with Gasteiger partial charge in [-0.15, -0.1) is 0 Å². The van der Waals surface area contributed by atoms with Gasteiger partial charge in [-0.1, -0.05) is 39.0 Å². The molecule has 6 nitrogen and oxygen atoms in total. The first-order valence-corrected chi connectivity index (χ1v) is 12.3. The third kappa shape index (κ3) is 4.87. The number of anilines is 2. The van der Waals surface area contributed by atoms with Crippen molar-refractivity contribution in [1.82, 2.24) is 9.80 Å². The summed E-state index contributed by atoms with van der Waals surface area (Å²) in [6.07, 6.45) is 0. The van der Waals surface area contributed by atoms with Crippen LogP contribution in [0.3, 0.4) is 0 Å². The van der Waals surface area contributed by atoms with Gasteiger partial charge in [0.1, 0.15) is 5.70 Å².